The van der Waals surface area contributed by atoms with Crippen LogP contribution in [0.25, 0.3) is 0 Å². The van der Waals surface area contributed by atoms with Gasteiger partial charge in [-0.2, -0.15) is 5.26 Å². The Morgan fingerprint density at radius 1 is 1.27 bits per heavy atom. The van der Waals surface area contributed by atoms with E-state index in [2.05, 4.69) is 16.5 Å². The van der Waals surface area contributed by atoms with Crippen molar-refractivity contribution in [2.24, 2.45) is 5.73 Å². The van der Waals surface area contributed by atoms with E-state index in [-0.39, 0.29) is 11.2 Å². The molecular formula is C19H22N4O3. The highest BCUT2D eigenvalue weighted by Gasteiger charge is 2.39. The van der Waals surface area contributed by atoms with Crippen LogP contribution in [0.1, 0.15) is 43.5 Å². The molecule has 3 N–H and O–H groups in total. The fraction of sp³-hybridized carbons (Fsp3) is 0.368. The van der Waals surface area contributed by atoms with Crippen molar-refractivity contribution in [3.05, 3.63) is 46.4 Å². The maximum atomic E-state index is 9.77. The first kappa shape index (κ1) is 17.7. The van der Waals surface area contributed by atoms with E-state index in [1.807, 2.05) is 32.9 Å². The maximum absolute atomic E-state index is 9.77. The van der Waals surface area contributed by atoms with E-state index in [1.165, 1.54) is 0 Å². The predicted molar refractivity (Wildman–Crippen MR) is 97.0 cm³/mol. The second-order valence-corrected chi connectivity index (χ2v) is 7.13. The number of fused-ring (bicyclic) bond motifs is 1. The predicted octanol–water partition coefficient (Wildman–Crippen LogP) is 3.24. The van der Waals surface area contributed by atoms with E-state index in [0.29, 0.717) is 23.0 Å². The molecule has 1 aliphatic rings. The van der Waals surface area contributed by atoms with Crippen LogP contribution in [0.15, 0.2) is 34.1 Å². The van der Waals surface area contributed by atoms with Crippen molar-refractivity contribution in [3.63, 3.8) is 0 Å². The normalized spacial score (nSPS) is 16.5. The van der Waals surface area contributed by atoms with Crippen LogP contribution in [0.5, 0.6) is 11.5 Å². The van der Waals surface area contributed by atoms with Crippen LogP contribution in [0.3, 0.4) is 0 Å². The minimum absolute atomic E-state index is 0.250. The summed E-state index contributed by atoms with van der Waals surface area (Å²) in [6, 6.07) is 7.72. The van der Waals surface area contributed by atoms with Gasteiger partial charge in [-0.3, -0.25) is 0 Å². The van der Waals surface area contributed by atoms with Crippen molar-refractivity contribution in [2.75, 3.05) is 19.5 Å². The van der Waals surface area contributed by atoms with E-state index in [4.69, 9.17) is 19.7 Å². The third kappa shape index (κ3) is 2.73. The molecule has 0 unspecified atom stereocenters. The molecule has 7 heteroatoms. The largest absolute Gasteiger partial charge is 0.497 e. The van der Waals surface area contributed by atoms with Crippen LogP contribution < -0.4 is 20.5 Å². The second kappa shape index (κ2) is 6.30. The Labute approximate surface area is 152 Å². The van der Waals surface area contributed by atoms with Gasteiger partial charge in [0.15, 0.2) is 0 Å². The van der Waals surface area contributed by atoms with E-state index in [9.17, 15) is 5.26 Å². The Hall–Kier alpha value is -3.14. The quantitative estimate of drug-likeness (QED) is 0.871. The number of hydrogen-bond donors (Lipinski definition) is 2. The standard InChI is InChI=1S/C19H22N4O3/c1-19(2,3)16-15-14(11-7-6-10(24-4)8-13(11)25-5)12(9-20)17(21)22-18(15)26-23-16/h6-8,14,22H,21H2,1-5H3/t14-/m1/s1. The fourth-order valence-electron chi connectivity index (χ4n) is 3.18. The minimum Gasteiger partial charge on any atom is -0.497 e. The molecule has 3 rings (SSSR count). The molecule has 0 saturated carbocycles. The van der Waals surface area contributed by atoms with E-state index in [1.54, 1.807) is 20.3 Å². The Morgan fingerprint density at radius 2 is 2.00 bits per heavy atom. The number of nitrogens with two attached hydrogens (primary N) is 1. The van der Waals surface area contributed by atoms with Crippen molar-refractivity contribution in [2.45, 2.75) is 32.1 Å². The van der Waals surface area contributed by atoms with Gasteiger partial charge >= 0.3 is 0 Å². The molecule has 0 saturated heterocycles. The monoisotopic (exact) mass is 354 g/mol. The number of aromatic nitrogens is 1. The van der Waals surface area contributed by atoms with Gasteiger partial charge in [-0.15, -0.1) is 0 Å². The number of nitrogens with zero attached hydrogens (tertiary/aromatic N) is 2. The Kier molecular flexibility index (Phi) is 4.28. The first-order valence-corrected chi connectivity index (χ1v) is 8.20. The minimum atomic E-state index is -0.447. The SMILES string of the molecule is COc1ccc([C@@H]2C(C#N)=C(N)Nc3onc(C(C)(C)C)c32)c(OC)c1. The highest BCUT2D eigenvalue weighted by molar-refractivity contribution is 5.67. The lowest BCUT2D eigenvalue weighted by molar-refractivity contribution is 0.390. The number of hydrogen-bond acceptors (Lipinski definition) is 7. The van der Waals surface area contributed by atoms with E-state index < -0.39 is 5.92 Å². The molecule has 0 bridgehead atoms. The van der Waals surface area contributed by atoms with Gasteiger partial charge in [-0.05, 0) is 6.07 Å². The molecule has 7 nitrogen and oxygen atoms in total. The summed E-state index contributed by atoms with van der Waals surface area (Å²) in [5, 5.41) is 17.0. The molecular weight excluding hydrogens is 332 g/mol. The van der Waals surface area contributed by atoms with Crippen LogP contribution in [0.2, 0.25) is 0 Å². The fourth-order valence-corrected chi connectivity index (χ4v) is 3.18. The van der Waals surface area contributed by atoms with E-state index >= 15 is 0 Å². The van der Waals surface area contributed by atoms with Crippen molar-refractivity contribution >= 4 is 5.88 Å². The number of ether oxygens (including phenoxy) is 2. The number of methoxy groups -OCH3 is 2. The summed E-state index contributed by atoms with van der Waals surface area (Å²) in [5.41, 5.74) is 8.57. The molecule has 1 atom stereocenters. The van der Waals surface area contributed by atoms with Crippen molar-refractivity contribution < 1.29 is 14.0 Å². The van der Waals surface area contributed by atoms with Gasteiger partial charge in [0.25, 0.3) is 0 Å². The molecule has 136 valence electrons. The molecule has 0 amide bonds. The molecule has 2 heterocycles. The average molecular weight is 354 g/mol. The van der Waals surface area contributed by atoms with Gasteiger partial charge in [0.05, 0.1) is 43.0 Å². The van der Waals surface area contributed by atoms with Gasteiger partial charge in [-0.25, -0.2) is 0 Å². The zero-order valence-corrected chi connectivity index (χ0v) is 15.5. The van der Waals surface area contributed by atoms with E-state index in [0.717, 1.165) is 16.8 Å². The number of allylic oxidation sites excluding steroid dienone is 1. The molecule has 0 spiro atoms. The molecule has 0 radical (unpaired) electrons. The van der Waals surface area contributed by atoms with Crippen molar-refractivity contribution in [1.82, 2.24) is 5.16 Å². The summed E-state index contributed by atoms with van der Waals surface area (Å²) in [7, 11) is 3.17. The van der Waals surface area contributed by atoms with Crippen LogP contribution >= 0.6 is 0 Å². The zero-order valence-electron chi connectivity index (χ0n) is 15.5. The van der Waals surface area contributed by atoms with Crippen LogP contribution in [0, 0.1) is 11.3 Å². The molecule has 0 fully saturated rings. The third-order valence-corrected chi connectivity index (χ3v) is 4.43. The summed E-state index contributed by atoms with van der Waals surface area (Å²) in [4.78, 5) is 0. The lowest BCUT2D eigenvalue weighted by Gasteiger charge is -2.28. The molecule has 0 aliphatic carbocycles. The number of benzene rings is 1. The average Bonchev–Trinajstić information content (AvgIpc) is 3.03. The molecule has 26 heavy (non-hydrogen) atoms. The summed E-state index contributed by atoms with van der Waals surface area (Å²) < 4.78 is 16.3. The van der Waals surface area contributed by atoms with Gasteiger partial charge in [0.1, 0.15) is 17.3 Å². The number of nitriles is 1. The van der Waals surface area contributed by atoms with Gasteiger partial charge in [0, 0.05) is 17.0 Å². The third-order valence-electron chi connectivity index (χ3n) is 4.43. The molecule has 1 aromatic heterocycles. The summed E-state index contributed by atoms with van der Waals surface area (Å²) in [6.07, 6.45) is 0. The Morgan fingerprint density at radius 3 is 2.58 bits per heavy atom. The highest BCUT2D eigenvalue weighted by Crippen LogP contribution is 2.48. The van der Waals surface area contributed by atoms with Gasteiger partial charge < -0.3 is 25.0 Å². The molecule has 1 aliphatic heterocycles. The highest BCUT2D eigenvalue weighted by atomic mass is 16.5. The lowest BCUT2D eigenvalue weighted by atomic mass is 9.78. The number of anilines is 1. The topological polar surface area (TPSA) is 106 Å². The summed E-state index contributed by atoms with van der Waals surface area (Å²) in [6.45, 7) is 6.13. The Bertz CT molecular complexity index is 916. The first-order valence-electron chi connectivity index (χ1n) is 8.20. The number of nitrogens with one attached hydrogen (secondary N) is 1. The Balaban J connectivity index is 2.30. The van der Waals surface area contributed by atoms with Crippen LogP contribution in [-0.2, 0) is 5.41 Å². The molecule has 1 aromatic carbocycles. The van der Waals surface area contributed by atoms with Gasteiger partial charge in [-0.1, -0.05) is 32.0 Å². The van der Waals surface area contributed by atoms with Crippen LogP contribution in [0.4, 0.5) is 5.88 Å². The van der Waals surface area contributed by atoms with Crippen molar-refractivity contribution in [3.8, 4) is 17.6 Å². The molecule has 2 aromatic rings. The van der Waals surface area contributed by atoms with Gasteiger partial charge in [0.2, 0.25) is 5.88 Å². The van der Waals surface area contributed by atoms with Crippen LogP contribution in [-0.4, -0.2) is 19.4 Å². The maximum Gasteiger partial charge on any atom is 0.234 e. The first-order chi connectivity index (χ1) is 12.3. The second-order valence-electron chi connectivity index (χ2n) is 7.13. The summed E-state index contributed by atoms with van der Waals surface area (Å²) >= 11 is 0. The zero-order chi connectivity index (χ0) is 19.1. The summed E-state index contributed by atoms with van der Waals surface area (Å²) in [5.74, 6) is 1.52. The number of rotatable bonds is 3. The smallest absolute Gasteiger partial charge is 0.234 e. The van der Waals surface area contributed by atoms with Crippen molar-refractivity contribution in [1.29, 1.82) is 5.26 Å². The lowest BCUT2D eigenvalue weighted by Crippen LogP contribution is -2.25.